The number of hydrogen-bond acceptors (Lipinski definition) is 4. The molecular formula is C18H25ClN6O. The number of nitrogens with one attached hydrogen (secondary N) is 2. The molecule has 2 heterocycles. The lowest BCUT2D eigenvalue weighted by Crippen LogP contribution is -2.48. The van der Waals surface area contributed by atoms with Crippen molar-refractivity contribution in [1.29, 1.82) is 0 Å². The molecule has 0 fully saturated rings. The van der Waals surface area contributed by atoms with Gasteiger partial charge in [0.05, 0.1) is 12.6 Å². The molecule has 2 unspecified atom stereocenters. The topological polar surface area (TPSA) is 76.4 Å². The third-order valence-electron chi connectivity index (χ3n) is 4.51. The van der Waals surface area contributed by atoms with Crippen LogP contribution in [0.25, 0.3) is 0 Å². The van der Waals surface area contributed by atoms with Gasteiger partial charge in [0, 0.05) is 38.2 Å². The largest absolute Gasteiger partial charge is 0.375 e. The van der Waals surface area contributed by atoms with Gasteiger partial charge in [-0.3, -0.25) is 4.99 Å². The first-order chi connectivity index (χ1) is 12.6. The minimum Gasteiger partial charge on any atom is -0.375 e. The minimum absolute atomic E-state index is 0.0817. The Kier molecular flexibility index (Phi) is 6.11. The van der Waals surface area contributed by atoms with E-state index in [4.69, 9.17) is 16.3 Å². The molecule has 7 nitrogen and oxygen atoms in total. The smallest absolute Gasteiger partial charge is 0.191 e. The molecule has 1 aliphatic rings. The maximum absolute atomic E-state index is 5.96. The molecule has 1 aliphatic heterocycles. The van der Waals surface area contributed by atoms with Gasteiger partial charge in [0.15, 0.2) is 5.96 Å². The van der Waals surface area contributed by atoms with E-state index >= 15 is 0 Å². The molecule has 0 radical (unpaired) electrons. The van der Waals surface area contributed by atoms with Crippen LogP contribution in [-0.2, 0) is 17.7 Å². The molecule has 0 saturated carbocycles. The van der Waals surface area contributed by atoms with E-state index in [9.17, 15) is 0 Å². The Morgan fingerprint density at radius 1 is 1.42 bits per heavy atom. The summed E-state index contributed by atoms with van der Waals surface area (Å²) >= 11 is 5.96. The number of rotatable bonds is 5. The maximum Gasteiger partial charge on any atom is 0.191 e. The van der Waals surface area contributed by atoms with E-state index in [0.29, 0.717) is 11.6 Å². The summed E-state index contributed by atoms with van der Waals surface area (Å²) in [4.78, 5) is 8.78. The van der Waals surface area contributed by atoms with Crippen LogP contribution in [0, 0.1) is 6.92 Å². The van der Waals surface area contributed by atoms with E-state index in [1.807, 2.05) is 35.9 Å². The lowest BCUT2D eigenvalue weighted by Gasteiger charge is -2.26. The van der Waals surface area contributed by atoms with Gasteiger partial charge in [-0.25, -0.2) is 9.67 Å². The molecule has 1 aromatic carbocycles. The van der Waals surface area contributed by atoms with E-state index < -0.39 is 0 Å². The van der Waals surface area contributed by atoms with Crippen LogP contribution in [0.15, 0.2) is 29.3 Å². The molecule has 0 aliphatic carbocycles. The SMILES string of the molecule is CN=C(NCC(OC)c1ccc(Cl)cc1)NC1CCc2nc(C)nn2C1. The number of hydrogen-bond donors (Lipinski definition) is 2. The third kappa shape index (κ3) is 4.53. The van der Waals surface area contributed by atoms with Gasteiger partial charge in [-0.1, -0.05) is 23.7 Å². The molecule has 2 aromatic rings. The van der Waals surface area contributed by atoms with E-state index in [2.05, 4.69) is 25.7 Å². The van der Waals surface area contributed by atoms with Gasteiger partial charge in [0.2, 0.25) is 0 Å². The number of aromatic nitrogens is 3. The molecule has 8 heteroatoms. The van der Waals surface area contributed by atoms with Crippen molar-refractivity contribution in [3.8, 4) is 0 Å². The van der Waals surface area contributed by atoms with Crippen molar-refractivity contribution < 1.29 is 4.74 Å². The standard InChI is InChI=1S/C18H25ClN6O/c1-12-22-17-9-8-15(11-25(17)24-12)23-18(20-2)21-10-16(26-3)13-4-6-14(19)7-5-13/h4-7,15-16H,8-11H2,1-3H3,(H2,20,21,23). The minimum atomic E-state index is -0.0817. The molecular weight excluding hydrogens is 352 g/mol. The average Bonchev–Trinajstić information content (AvgIpc) is 3.01. The van der Waals surface area contributed by atoms with Crippen LogP contribution in [0.3, 0.4) is 0 Å². The summed E-state index contributed by atoms with van der Waals surface area (Å²) < 4.78 is 7.58. The monoisotopic (exact) mass is 376 g/mol. The number of ether oxygens (including phenoxy) is 1. The highest BCUT2D eigenvalue weighted by Gasteiger charge is 2.22. The van der Waals surface area contributed by atoms with Gasteiger partial charge in [-0.05, 0) is 31.0 Å². The van der Waals surface area contributed by atoms with Crippen molar-refractivity contribution in [3.63, 3.8) is 0 Å². The van der Waals surface area contributed by atoms with E-state index in [1.165, 1.54) is 0 Å². The highest BCUT2D eigenvalue weighted by atomic mass is 35.5. The second-order valence-electron chi connectivity index (χ2n) is 6.37. The molecule has 0 saturated heterocycles. The Morgan fingerprint density at radius 3 is 2.88 bits per heavy atom. The fraction of sp³-hybridized carbons (Fsp3) is 0.500. The zero-order valence-electron chi connectivity index (χ0n) is 15.4. The molecule has 0 bridgehead atoms. The van der Waals surface area contributed by atoms with Crippen molar-refractivity contribution in [3.05, 3.63) is 46.5 Å². The third-order valence-corrected chi connectivity index (χ3v) is 4.76. The summed E-state index contributed by atoms with van der Waals surface area (Å²) in [5.74, 6) is 2.64. The highest BCUT2D eigenvalue weighted by Crippen LogP contribution is 2.18. The number of halogens is 1. The van der Waals surface area contributed by atoms with Crippen LogP contribution in [0.2, 0.25) is 5.02 Å². The second kappa shape index (κ2) is 8.51. The van der Waals surface area contributed by atoms with E-state index in [-0.39, 0.29) is 12.1 Å². The molecule has 0 spiro atoms. The van der Waals surface area contributed by atoms with Crippen LogP contribution in [0.5, 0.6) is 0 Å². The molecule has 1 aromatic heterocycles. The Morgan fingerprint density at radius 2 is 2.19 bits per heavy atom. The van der Waals surface area contributed by atoms with Crippen molar-refractivity contribution in [2.45, 2.75) is 38.5 Å². The van der Waals surface area contributed by atoms with E-state index in [1.54, 1.807) is 14.2 Å². The van der Waals surface area contributed by atoms with Crippen molar-refractivity contribution in [2.24, 2.45) is 4.99 Å². The van der Waals surface area contributed by atoms with Gasteiger partial charge in [-0.2, -0.15) is 5.10 Å². The zero-order valence-corrected chi connectivity index (χ0v) is 16.1. The lowest BCUT2D eigenvalue weighted by atomic mass is 10.1. The predicted octanol–water partition coefficient (Wildman–Crippen LogP) is 2.11. The van der Waals surface area contributed by atoms with Crippen molar-refractivity contribution in [2.75, 3.05) is 20.7 Å². The number of aliphatic imine (C=N–C) groups is 1. The average molecular weight is 377 g/mol. The van der Waals surface area contributed by atoms with Gasteiger partial charge in [-0.15, -0.1) is 0 Å². The maximum atomic E-state index is 5.96. The summed E-state index contributed by atoms with van der Waals surface area (Å²) in [6, 6.07) is 7.96. The first kappa shape index (κ1) is 18.7. The molecule has 2 atom stereocenters. The summed E-state index contributed by atoms with van der Waals surface area (Å²) in [6.07, 6.45) is 1.84. The van der Waals surface area contributed by atoms with Gasteiger partial charge in [0.25, 0.3) is 0 Å². The summed E-state index contributed by atoms with van der Waals surface area (Å²) in [6.45, 7) is 3.33. The fourth-order valence-corrected chi connectivity index (χ4v) is 3.27. The lowest BCUT2D eigenvalue weighted by molar-refractivity contribution is 0.106. The van der Waals surface area contributed by atoms with Gasteiger partial charge in [0.1, 0.15) is 11.6 Å². The van der Waals surface area contributed by atoms with Crippen LogP contribution < -0.4 is 10.6 Å². The number of fused-ring (bicyclic) bond motifs is 1. The van der Waals surface area contributed by atoms with E-state index in [0.717, 1.165) is 42.6 Å². The first-order valence-corrected chi connectivity index (χ1v) is 9.12. The zero-order chi connectivity index (χ0) is 18.5. The fourth-order valence-electron chi connectivity index (χ4n) is 3.14. The first-order valence-electron chi connectivity index (χ1n) is 8.74. The summed E-state index contributed by atoms with van der Waals surface area (Å²) in [5, 5.41) is 12.0. The number of aryl methyl sites for hydroxylation is 2. The normalized spacial score (nSPS) is 18.3. The molecule has 140 valence electrons. The summed E-state index contributed by atoms with van der Waals surface area (Å²) in [5.41, 5.74) is 1.07. The number of nitrogens with zero attached hydrogens (tertiary/aromatic N) is 4. The van der Waals surface area contributed by atoms with Crippen molar-refractivity contribution >= 4 is 17.6 Å². The van der Waals surface area contributed by atoms with Crippen LogP contribution in [0.4, 0.5) is 0 Å². The molecule has 26 heavy (non-hydrogen) atoms. The molecule has 0 amide bonds. The predicted molar refractivity (Wildman–Crippen MR) is 103 cm³/mol. The van der Waals surface area contributed by atoms with Crippen molar-refractivity contribution in [1.82, 2.24) is 25.4 Å². The summed E-state index contributed by atoms with van der Waals surface area (Å²) in [7, 11) is 3.47. The van der Waals surface area contributed by atoms with Crippen LogP contribution in [0.1, 0.15) is 29.7 Å². The van der Waals surface area contributed by atoms with Crippen LogP contribution >= 0.6 is 11.6 Å². The Labute approximate surface area is 158 Å². The van der Waals surface area contributed by atoms with Gasteiger partial charge >= 0.3 is 0 Å². The highest BCUT2D eigenvalue weighted by molar-refractivity contribution is 6.30. The number of methoxy groups -OCH3 is 1. The Hall–Kier alpha value is -2.12. The quantitative estimate of drug-likeness (QED) is 0.617. The molecule has 2 N–H and O–H groups in total. The number of benzene rings is 1. The van der Waals surface area contributed by atoms with Gasteiger partial charge < -0.3 is 15.4 Å². The number of guanidine groups is 1. The Bertz CT molecular complexity index is 758. The second-order valence-corrected chi connectivity index (χ2v) is 6.80. The molecule has 3 rings (SSSR count). The van der Waals surface area contributed by atoms with Crippen LogP contribution in [-0.4, -0.2) is 47.5 Å². The Balaban J connectivity index is 1.55.